The number of halogens is 1. The third-order valence-electron chi connectivity index (χ3n) is 12.4. The molecule has 2 aromatic carbocycles. The summed E-state index contributed by atoms with van der Waals surface area (Å²) in [4.78, 5) is 35.1. The van der Waals surface area contributed by atoms with Crippen LogP contribution in [0.15, 0.2) is 78.5 Å². The first-order chi connectivity index (χ1) is 25.5. The molecule has 3 aliphatic heterocycles. The summed E-state index contributed by atoms with van der Waals surface area (Å²) in [5, 5.41) is -0.587. The molecule has 4 aliphatic rings. The maximum absolute atomic E-state index is 15.1. The summed E-state index contributed by atoms with van der Waals surface area (Å²) >= 11 is 0. The Hall–Kier alpha value is -4.23. The molecule has 4 heterocycles. The lowest BCUT2D eigenvalue weighted by atomic mass is 9.58. The van der Waals surface area contributed by atoms with Crippen molar-refractivity contribution in [3.05, 3.63) is 90.8 Å². The highest BCUT2D eigenvalue weighted by Gasteiger charge is 2.53. The van der Waals surface area contributed by atoms with E-state index in [9.17, 15) is 18.0 Å². The number of hydrogen-bond acceptors (Lipinski definition) is 8. The van der Waals surface area contributed by atoms with Crippen molar-refractivity contribution in [3.8, 4) is 0 Å². The van der Waals surface area contributed by atoms with Gasteiger partial charge in [0, 0.05) is 81.0 Å². The summed E-state index contributed by atoms with van der Waals surface area (Å²) < 4.78 is 49.3. The van der Waals surface area contributed by atoms with E-state index < -0.39 is 26.6 Å². The number of piperidine rings is 1. The Balaban J connectivity index is 1.02. The number of benzene rings is 2. The van der Waals surface area contributed by atoms with Crippen LogP contribution in [-0.2, 0) is 37.7 Å². The highest BCUT2D eigenvalue weighted by Crippen LogP contribution is 2.52. The van der Waals surface area contributed by atoms with E-state index in [0.717, 1.165) is 88.3 Å². The SMILES string of the molecule is C=CC(=O)N1CC(S(=O)(=O)c2ccc(N3CC(CN4CCC(C(Cn5ccnc5CC)(c5cccc(F)c5)[C@H]5CCC[C@@H]5OC(N)=O)CC4)C3)cc2)C1. The number of anilines is 1. The Morgan fingerprint density at radius 3 is 2.45 bits per heavy atom. The van der Waals surface area contributed by atoms with E-state index in [-0.39, 0.29) is 47.6 Å². The van der Waals surface area contributed by atoms with Gasteiger partial charge >= 0.3 is 6.09 Å². The Labute approximate surface area is 311 Å². The second-order valence-electron chi connectivity index (χ2n) is 15.3. The average Bonchev–Trinajstić information content (AvgIpc) is 3.77. The molecule has 13 heteroatoms. The van der Waals surface area contributed by atoms with Crippen LogP contribution in [0.3, 0.4) is 0 Å². The van der Waals surface area contributed by atoms with Crippen LogP contribution in [0, 0.1) is 23.6 Å². The number of rotatable bonds is 13. The molecule has 1 saturated carbocycles. The second-order valence-corrected chi connectivity index (χ2v) is 17.6. The van der Waals surface area contributed by atoms with Crippen LogP contribution in [0.1, 0.15) is 50.4 Å². The van der Waals surface area contributed by atoms with Crippen LogP contribution in [0.4, 0.5) is 14.9 Å². The minimum Gasteiger partial charge on any atom is -0.446 e. The van der Waals surface area contributed by atoms with E-state index >= 15 is 4.39 Å². The fourth-order valence-electron chi connectivity index (χ4n) is 9.63. The molecule has 2 amide bonds. The van der Waals surface area contributed by atoms with E-state index in [4.69, 9.17) is 10.5 Å². The molecule has 0 radical (unpaired) electrons. The maximum atomic E-state index is 15.1. The van der Waals surface area contributed by atoms with Crippen LogP contribution in [0.2, 0.25) is 0 Å². The number of primary amides is 1. The fourth-order valence-corrected chi connectivity index (χ4v) is 11.3. The normalized spacial score (nSPS) is 22.9. The number of aromatic nitrogens is 2. The van der Waals surface area contributed by atoms with Gasteiger partial charge in [0.25, 0.3) is 0 Å². The number of ether oxygens (including phenoxy) is 1. The Kier molecular flexibility index (Phi) is 10.7. The van der Waals surface area contributed by atoms with Crippen LogP contribution < -0.4 is 10.6 Å². The average molecular weight is 747 g/mol. The first kappa shape index (κ1) is 37.1. The van der Waals surface area contributed by atoms with Gasteiger partial charge in [0.05, 0.1) is 4.90 Å². The van der Waals surface area contributed by atoms with Gasteiger partial charge in [0.15, 0.2) is 9.84 Å². The molecular weight excluding hydrogens is 696 g/mol. The number of likely N-dealkylation sites (tertiary alicyclic amines) is 2. The highest BCUT2D eigenvalue weighted by atomic mass is 32.2. The third kappa shape index (κ3) is 7.34. The first-order valence-electron chi connectivity index (χ1n) is 19.0. The third-order valence-corrected chi connectivity index (χ3v) is 14.5. The summed E-state index contributed by atoms with van der Waals surface area (Å²) in [5.41, 5.74) is 7.06. The maximum Gasteiger partial charge on any atom is 0.404 e. The summed E-state index contributed by atoms with van der Waals surface area (Å²) in [6.45, 7) is 11.2. The van der Waals surface area contributed by atoms with Gasteiger partial charge in [0.1, 0.15) is 23.0 Å². The van der Waals surface area contributed by atoms with Crippen molar-refractivity contribution in [2.45, 2.75) is 73.7 Å². The van der Waals surface area contributed by atoms with Crippen molar-refractivity contribution in [1.29, 1.82) is 0 Å². The minimum absolute atomic E-state index is 0.0214. The molecule has 4 fully saturated rings. The Morgan fingerprint density at radius 2 is 1.79 bits per heavy atom. The molecule has 3 saturated heterocycles. The molecule has 3 aromatic rings. The number of imidazole rings is 1. The van der Waals surface area contributed by atoms with E-state index in [0.29, 0.717) is 12.5 Å². The molecule has 11 nitrogen and oxygen atoms in total. The molecule has 1 aliphatic carbocycles. The van der Waals surface area contributed by atoms with Gasteiger partial charge in [-0.3, -0.25) is 4.79 Å². The van der Waals surface area contributed by atoms with Gasteiger partial charge in [-0.25, -0.2) is 22.6 Å². The molecule has 0 bridgehead atoms. The van der Waals surface area contributed by atoms with Gasteiger partial charge in [-0.15, -0.1) is 0 Å². The van der Waals surface area contributed by atoms with Gasteiger partial charge in [-0.1, -0.05) is 25.6 Å². The van der Waals surface area contributed by atoms with E-state index in [2.05, 4.69) is 38.9 Å². The molecule has 284 valence electrons. The number of nitrogens with zero attached hydrogens (tertiary/aromatic N) is 5. The van der Waals surface area contributed by atoms with Crippen molar-refractivity contribution in [1.82, 2.24) is 19.4 Å². The summed E-state index contributed by atoms with van der Waals surface area (Å²) in [7, 11) is -3.51. The summed E-state index contributed by atoms with van der Waals surface area (Å²) in [6, 6.07) is 14.2. The van der Waals surface area contributed by atoms with Gasteiger partial charge in [0.2, 0.25) is 5.91 Å². The van der Waals surface area contributed by atoms with Crippen molar-refractivity contribution < 1.29 is 27.1 Å². The van der Waals surface area contributed by atoms with Gasteiger partial charge in [-0.05, 0) is 99.1 Å². The molecule has 3 atom stereocenters. The van der Waals surface area contributed by atoms with Crippen molar-refractivity contribution in [2.24, 2.45) is 23.5 Å². The topological polar surface area (TPSA) is 131 Å². The Morgan fingerprint density at radius 1 is 1.06 bits per heavy atom. The zero-order valence-electron chi connectivity index (χ0n) is 30.5. The number of amides is 2. The molecule has 1 aromatic heterocycles. The highest BCUT2D eigenvalue weighted by molar-refractivity contribution is 7.92. The number of carbonyl (C=O) groups is 2. The molecule has 0 spiro atoms. The predicted octanol–water partition coefficient (Wildman–Crippen LogP) is 4.81. The van der Waals surface area contributed by atoms with E-state index in [1.165, 1.54) is 17.0 Å². The second kappa shape index (κ2) is 15.3. The molecular formula is C40H51FN6O5S. The minimum atomic E-state index is -3.51. The largest absolute Gasteiger partial charge is 0.446 e. The van der Waals surface area contributed by atoms with Crippen molar-refractivity contribution in [3.63, 3.8) is 0 Å². The summed E-state index contributed by atoms with van der Waals surface area (Å²) in [6.07, 6.45) is 9.11. The lowest BCUT2D eigenvalue weighted by molar-refractivity contribution is -0.129. The Bertz CT molecular complexity index is 1900. The monoisotopic (exact) mass is 746 g/mol. The number of aryl methyl sites for hydroxylation is 1. The van der Waals surface area contributed by atoms with Crippen LogP contribution in [0.25, 0.3) is 0 Å². The lowest BCUT2D eigenvalue weighted by Crippen LogP contribution is -2.56. The predicted molar refractivity (Wildman–Crippen MR) is 201 cm³/mol. The zero-order chi connectivity index (χ0) is 37.3. The number of nitrogens with two attached hydrogens (primary N) is 1. The zero-order valence-corrected chi connectivity index (χ0v) is 31.3. The molecule has 1 unspecified atom stereocenters. The smallest absolute Gasteiger partial charge is 0.404 e. The number of carbonyl (C=O) groups excluding carboxylic acids is 2. The number of sulfone groups is 1. The molecule has 2 N–H and O–H groups in total. The fraction of sp³-hybridized carbons (Fsp3) is 0.525. The molecule has 53 heavy (non-hydrogen) atoms. The van der Waals surface area contributed by atoms with Crippen LogP contribution in [0.5, 0.6) is 0 Å². The van der Waals surface area contributed by atoms with E-state index in [1.807, 2.05) is 24.5 Å². The van der Waals surface area contributed by atoms with Crippen LogP contribution in [-0.4, -0.2) is 96.9 Å². The van der Waals surface area contributed by atoms with Crippen LogP contribution >= 0.6 is 0 Å². The van der Waals surface area contributed by atoms with Crippen molar-refractivity contribution >= 4 is 27.5 Å². The molecule has 7 rings (SSSR count). The lowest BCUT2D eigenvalue weighted by Gasteiger charge is -2.51. The van der Waals surface area contributed by atoms with Crippen molar-refractivity contribution in [2.75, 3.05) is 50.7 Å². The standard InChI is InChI=1S/C40H51FN6O5S/c1-3-37-43-17-20-45(37)27-40(30-7-5-8-31(41)21-30,35-9-6-10-36(35)52-39(42)49)29-15-18-44(19-16-29)22-28-23-46(24-28)32-11-13-33(14-12-32)53(50,51)34-25-47(26-34)38(48)4-2/h4-5,7-8,11-14,17,20-21,28-29,34-36H,2-3,6,9-10,15-16,18-19,22-27H2,1H3,(H2,42,49)/t35-,36-,40?/m0/s1. The van der Waals surface area contributed by atoms with Gasteiger partial charge in [-0.2, -0.15) is 0 Å². The summed E-state index contributed by atoms with van der Waals surface area (Å²) in [5.74, 6) is 1.15. The van der Waals surface area contributed by atoms with E-state index in [1.54, 1.807) is 24.3 Å². The number of hydrogen-bond donors (Lipinski definition) is 1. The quantitative estimate of drug-likeness (QED) is 0.247. The first-order valence-corrected chi connectivity index (χ1v) is 20.5. The van der Waals surface area contributed by atoms with Gasteiger partial charge < -0.3 is 29.7 Å².